The highest BCUT2D eigenvalue weighted by Gasteiger charge is 2.26. The van der Waals surface area contributed by atoms with E-state index in [0.29, 0.717) is 47.2 Å². The van der Waals surface area contributed by atoms with E-state index in [-0.39, 0.29) is 24.0 Å². The highest BCUT2D eigenvalue weighted by atomic mass is 35.5. The molecule has 3 aromatic rings. The molecule has 1 amide bonds. The molecule has 0 aliphatic rings. The molecule has 0 saturated carbocycles. The maximum atomic E-state index is 13.5. The Bertz CT molecular complexity index is 1090. The fourth-order valence-corrected chi connectivity index (χ4v) is 4.09. The fourth-order valence-electron chi connectivity index (χ4n) is 3.08. The summed E-state index contributed by atoms with van der Waals surface area (Å²) in [5, 5.41) is 11.9. The molecule has 31 heavy (non-hydrogen) atoms. The number of rotatable bonds is 8. The number of fused-ring (bicyclic) bond motifs is 1. The summed E-state index contributed by atoms with van der Waals surface area (Å²) in [6.07, 6.45) is 0. The molecule has 166 valence electrons. The number of nitrogens with zero attached hydrogens (tertiary/aromatic N) is 4. The van der Waals surface area contributed by atoms with Crippen molar-refractivity contribution in [2.24, 2.45) is 0 Å². The normalized spacial score (nSPS) is 10.7. The first-order valence-corrected chi connectivity index (χ1v) is 10.4. The first kappa shape index (κ1) is 24.5. The van der Waals surface area contributed by atoms with Gasteiger partial charge in [0, 0.05) is 30.3 Å². The van der Waals surface area contributed by atoms with Crippen LogP contribution in [0.15, 0.2) is 36.4 Å². The Morgan fingerprint density at radius 3 is 2.55 bits per heavy atom. The highest BCUT2D eigenvalue weighted by Crippen LogP contribution is 2.35. The minimum atomic E-state index is -0.470. The number of likely N-dealkylation sites (N-methyl/N-ethyl adjacent to an activating group) is 1. The molecule has 2 aromatic carbocycles. The number of amides is 1. The predicted octanol–water partition coefficient (Wildman–Crippen LogP) is 4.54. The third kappa shape index (κ3) is 5.30. The molecule has 0 atom stereocenters. The Morgan fingerprint density at radius 1 is 1.19 bits per heavy atom. The second-order valence-corrected chi connectivity index (χ2v) is 8.01. The lowest BCUT2D eigenvalue weighted by atomic mass is 10.1. The maximum absolute atomic E-state index is 13.5. The average molecular weight is 465 g/mol. The number of hydrogen-bond acceptors (Lipinski definition) is 7. The van der Waals surface area contributed by atoms with Crippen LogP contribution in [0.3, 0.4) is 0 Å². The number of anilines is 1. The molecule has 0 unspecified atom stereocenters. The van der Waals surface area contributed by atoms with Crippen molar-refractivity contribution >= 4 is 50.7 Å². The number of carbonyl (C=O) groups excluding carboxylic acids is 1. The second-order valence-electron chi connectivity index (χ2n) is 7.00. The quantitative estimate of drug-likeness (QED) is 0.359. The minimum Gasteiger partial charge on any atom is -0.492 e. The van der Waals surface area contributed by atoms with Crippen LogP contribution in [0, 0.1) is 17.0 Å². The lowest BCUT2D eigenvalue weighted by Gasteiger charge is -2.22. The van der Waals surface area contributed by atoms with Crippen molar-refractivity contribution in [3.63, 3.8) is 0 Å². The standard InChI is InChI=1S/C21H24N4O4S.ClH/c1-5-29-17-10-7-11-18-19(17)22-21(30-18)24(13-12-23(3)4)20(26)15-8-6-9-16(14(15)2)25(27)28;/h6-11H,5,12-13H2,1-4H3;1H. The Labute approximate surface area is 191 Å². The van der Waals surface area contributed by atoms with Crippen LogP contribution < -0.4 is 9.64 Å². The summed E-state index contributed by atoms with van der Waals surface area (Å²) in [4.78, 5) is 32.6. The number of para-hydroxylation sites is 1. The number of carbonyl (C=O) groups is 1. The van der Waals surface area contributed by atoms with E-state index in [9.17, 15) is 14.9 Å². The van der Waals surface area contributed by atoms with Crippen LogP contribution in [-0.2, 0) is 0 Å². The number of nitro groups is 1. The van der Waals surface area contributed by atoms with E-state index >= 15 is 0 Å². The van der Waals surface area contributed by atoms with Crippen LogP contribution in [0.5, 0.6) is 5.75 Å². The number of ether oxygens (including phenoxy) is 1. The van der Waals surface area contributed by atoms with Crippen molar-refractivity contribution in [1.82, 2.24) is 9.88 Å². The van der Waals surface area contributed by atoms with Crippen molar-refractivity contribution in [2.75, 3.05) is 38.7 Å². The van der Waals surface area contributed by atoms with Gasteiger partial charge in [-0.2, -0.15) is 0 Å². The van der Waals surface area contributed by atoms with Crippen LogP contribution in [0.2, 0.25) is 0 Å². The number of nitro benzene ring substituents is 1. The van der Waals surface area contributed by atoms with Gasteiger partial charge in [0.25, 0.3) is 11.6 Å². The van der Waals surface area contributed by atoms with Gasteiger partial charge in [-0.15, -0.1) is 12.4 Å². The van der Waals surface area contributed by atoms with Crippen molar-refractivity contribution < 1.29 is 14.5 Å². The number of halogens is 1. The van der Waals surface area contributed by atoms with Crippen molar-refractivity contribution in [3.8, 4) is 5.75 Å². The Morgan fingerprint density at radius 2 is 1.90 bits per heavy atom. The third-order valence-corrected chi connectivity index (χ3v) is 5.69. The van der Waals surface area contributed by atoms with Crippen LogP contribution in [-0.4, -0.2) is 54.5 Å². The van der Waals surface area contributed by atoms with Crippen LogP contribution in [0.4, 0.5) is 10.8 Å². The van der Waals surface area contributed by atoms with Gasteiger partial charge in [0.2, 0.25) is 0 Å². The lowest BCUT2D eigenvalue weighted by molar-refractivity contribution is -0.385. The van der Waals surface area contributed by atoms with E-state index in [1.807, 2.05) is 44.1 Å². The van der Waals surface area contributed by atoms with Crippen LogP contribution in [0.1, 0.15) is 22.8 Å². The summed E-state index contributed by atoms with van der Waals surface area (Å²) in [6.45, 7) is 5.04. The lowest BCUT2D eigenvalue weighted by Crippen LogP contribution is -2.37. The Kier molecular flexibility index (Phi) is 8.32. The molecular weight excluding hydrogens is 440 g/mol. The van der Waals surface area contributed by atoms with Crippen molar-refractivity contribution in [2.45, 2.75) is 13.8 Å². The van der Waals surface area contributed by atoms with Gasteiger partial charge in [0.15, 0.2) is 5.13 Å². The molecular formula is C21H25ClN4O4S. The van der Waals surface area contributed by atoms with E-state index < -0.39 is 4.92 Å². The van der Waals surface area contributed by atoms with Gasteiger partial charge in [0.05, 0.1) is 16.2 Å². The molecule has 0 fully saturated rings. The van der Waals surface area contributed by atoms with E-state index in [1.165, 1.54) is 23.5 Å². The highest BCUT2D eigenvalue weighted by molar-refractivity contribution is 7.22. The van der Waals surface area contributed by atoms with Crippen LogP contribution >= 0.6 is 23.7 Å². The second kappa shape index (κ2) is 10.5. The fraction of sp³-hybridized carbons (Fsp3) is 0.333. The van der Waals surface area contributed by atoms with Gasteiger partial charge < -0.3 is 9.64 Å². The molecule has 0 radical (unpaired) electrons. The molecule has 0 N–H and O–H groups in total. The topological polar surface area (TPSA) is 88.8 Å². The average Bonchev–Trinajstić information content (AvgIpc) is 3.13. The molecule has 3 rings (SSSR count). The summed E-state index contributed by atoms with van der Waals surface area (Å²) in [5.41, 5.74) is 1.28. The van der Waals surface area contributed by atoms with Gasteiger partial charge in [0.1, 0.15) is 11.3 Å². The number of thiazole rings is 1. The summed E-state index contributed by atoms with van der Waals surface area (Å²) < 4.78 is 6.59. The summed E-state index contributed by atoms with van der Waals surface area (Å²) in [7, 11) is 3.85. The van der Waals surface area contributed by atoms with Gasteiger partial charge in [-0.05, 0) is 46.1 Å². The van der Waals surface area contributed by atoms with Crippen LogP contribution in [0.25, 0.3) is 10.2 Å². The van der Waals surface area contributed by atoms with E-state index in [4.69, 9.17) is 4.74 Å². The summed E-state index contributed by atoms with van der Waals surface area (Å²) in [6, 6.07) is 10.2. The largest absolute Gasteiger partial charge is 0.492 e. The van der Waals surface area contributed by atoms with E-state index in [2.05, 4.69) is 4.98 Å². The van der Waals surface area contributed by atoms with E-state index in [1.54, 1.807) is 17.9 Å². The zero-order chi connectivity index (χ0) is 21.8. The molecule has 0 aliphatic carbocycles. The Hall–Kier alpha value is -2.75. The third-order valence-electron chi connectivity index (χ3n) is 4.65. The zero-order valence-electron chi connectivity index (χ0n) is 17.8. The number of hydrogen-bond donors (Lipinski definition) is 0. The molecule has 8 nitrogen and oxygen atoms in total. The molecule has 0 saturated heterocycles. The molecule has 1 heterocycles. The summed E-state index contributed by atoms with van der Waals surface area (Å²) >= 11 is 1.40. The van der Waals surface area contributed by atoms with Gasteiger partial charge in [-0.25, -0.2) is 4.98 Å². The van der Waals surface area contributed by atoms with Gasteiger partial charge in [-0.1, -0.05) is 23.5 Å². The maximum Gasteiger partial charge on any atom is 0.273 e. The molecule has 1 aromatic heterocycles. The monoisotopic (exact) mass is 464 g/mol. The first-order valence-electron chi connectivity index (χ1n) is 9.56. The van der Waals surface area contributed by atoms with Gasteiger partial charge in [-0.3, -0.25) is 19.8 Å². The number of aromatic nitrogens is 1. The zero-order valence-corrected chi connectivity index (χ0v) is 19.5. The minimum absolute atomic E-state index is 0. The summed E-state index contributed by atoms with van der Waals surface area (Å²) in [5.74, 6) is 0.360. The molecule has 0 aliphatic heterocycles. The van der Waals surface area contributed by atoms with E-state index in [0.717, 1.165) is 4.70 Å². The van der Waals surface area contributed by atoms with Crippen molar-refractivity contribution in [1.29, 1.82) is 0 Å². The Balaban J connectivity index is 0.00000341. The van der Waals surface area contributed by atoms with Crippen molar-refractivity contribution in [3.05, 3.63) is 57.6 Å². The number of benzene rings is 2. The first-order chi connectivity index (χ1) is 14.3. The molecule has 10 heteroatoms. The van der Waals surface area contributed by atoms with Gasteiger partial charge >= 0.3 is 0 Å². The molecule has 0 spiro atoms. The molecule has 0 bridgehead atoms. The smallest absolute Gasteiger partial charge is 0.273 e. The SMILES string of the molecule is CCOc1cccc2sc(N(CCN(C)C)C(=O)c3cccc([N+](=O)[O-])c3C)nc12.Cl. The predicted molar refractivity (Wildman–Crippen MR) is 126 cm³/mol.